The molecule has 3 rings (SSSR count). The fourth-order valence-electron chi connectivity index (χ4n) is 2.03. The van der Waals surface area contributed by atoms with Gasteiger partial charge in [0.1, 0.15) is 11.5 Å². The minimum atomic E-state index is -0.303. The molecule has 2 heterocycles. The molecule has 1 unspecified atom stereocenters. The van der Waals surface area contributed by atoms with Crippen LogP contribution >= 0.6 is 23.1 Å². The van der Waals surface area contributed by atoms with Crippen LogP contribution in [0.3, 0.4) is 0 Å². The SMILES string of the molecule is COc1ccc(NC(=O)C(C)Sc2nnc(NCc3ccco3)s2)cc1. The number of carbonyl (C=O) groups excluding carboxylic acids is 1. The Kier molecular flexibility index (Phi) is 6.13. The molecule has 1 atom stereocenters. The van der Waals surface area contributed by atoms with Gasteiger partial charge >= 0.3 is 0 Å². The summed E-state index contributed by atoms with van der Waals surface area (Å²) in [7, 11) is 1.60. The van der Waals surface area contributed by atoms with Crippen molar-refractivity contribution in [3.8, 4) is 5.75 Å². The van der Waals surface area contributed by atoms with E-state index < -0.39 is 0 Å². The van der Waals surface area contributed by atoms with Crippen molar-refractivity contribution in [2.75, 3.05) is 17.7 Å². The van der Waals surface area contributed by atoms with Crippen LogP contribution in [0, 0.1) is 0 Å². The number of nitrogens with one attached hydrogen (secondary N) is 2. The molecule has 0 saturated heterocycles. The molecule has 26 heavy (non-hydrogen) atoms. The lowest BCUT2D eigenvalue weighted by Gasteiger charge is -2.10. The van der Waals surface area contributed by atoms with Gasteiger partial charge in [0.15, 0.2) is 4.34 Å². The summed E-state index contributed by atoms with van der Waals surface area (Å²) in [5.74, 6) is 1.47. The van der Waals surface area contributed by atoms with Crippen molar-refractivity contribution in [1.82, 2.24) is 10.2 Å². The molecule has 1 aromatic carbocycles. The molecule has 0 radical (unpaired) electrons. The summed E-state index contributed by atoms with van der Waals surface area (Å²) >= 11 is 2.77. The highest BCUT2D eigenvalue weighted by Gasteiger charge is 2.17. The van der Waals surface area contributed by atoms with Gasteiger partial charge < -0.3 is 19.8 Å². The number of carbonyl (C=O) groups is 1. The van der Waals surface area contributed by atoms with Crippen molar-refractivity contribution in [3.63, 3.8) is 0 Å². The molecule has 0 aliphatic heterocycles. The average Bonchev–Trinajstić information content (AvgIpc) is 3.32. The number of nitrogens with zero attached hydrogens (tertiary/aromatic N) is 2. The van der Waals surface area contributed by atoms with Gasteiger partial charge in [-0.3, -0.25) is 4.79 Å². The Bertz CT molecular complexity index is 834. The second-order valence-corrected chi connectivity index (χ2v) is 7.85. The highest BCUT2D eigenvalue weighted by Crippen LogP contribution is 2.29. The van der Waals surface area contributed by atoms with E-state index >= 15 is 0 Å². The van der Waals surface area contributed by atoms with Crippen molar-refractivity contribution in [2.24, 2.45) is 0 Å². The van der Waals surface area contributed by atoms with Crippen molar-refractivity contribution in [1.29, 1.82) is 0 Å². The van der Waals surface area contributed by atoms with Crippen LogP contribution in [-0.2, 0) is 11.3 Å². The summed E-state index contributed by atoms with van der Waals surface area (Å²) in [5, 5.41) is 14.6. The zero-order valence-corrected chi connectivity index (χ0v) is 15.9. The third kappa shape index (κ3) is 4.99. The molecule has 2 aromatic heterocycles. The van der Waals surface area contributed by atoms with E-state index in [1.54, 1.807) is 37.6 Å². The number of amides is 1. The maximum absolute atomic E-state index is 12.3. The average molecular weight is 390 g/mol. The lowest BCUT2D eigenvalue weighted by atomic mass is 10.3. The molecule has 1 amide bonds. The standard InChI is InChI=1S/C17H18N4O3S2/c1-11(15(22)19-12-5-7-13(23-2)8-6-12)25-17-21-20-16(26-17)18-10-14-4-3-9-24-14/h3-9,11H,10H2,1-2H3,(H,18,20)(H,19,22). The number of anilines is 2. The second kappa shape index (κ2) is 8.72. The Morgan fingerprint density at radius 2 is 2.12 bits per heavy atom. The van der Waals surface area contributed by atoms with Crippen molar-refractivity contribution in [3.05, 3.63) is 48.4 Å². The number of ether oxygens (including phenoxy) is 1. The minimum absolute atomic E-state index is 0.0968. The zero-order valence-electron chi connectivity index (χ0n) is 14.3. The van der Waals surface area contributed by atoms with Crippen LogP contribution in [-0.4, -0.2) is 28.5 Å². The second-order valence-electron chi connectivity index (χ2n) is 5.28. The lowest BCUT2D eigenvalue weighted by Crippen LogP contribution is -2.22. The van der Waals surface area contributed by atoms with Crippen LogP contribution in [0.4, 0.5) is 10.8 Å². The third-order valence-corrected chi connectivity index (χ3v) is 5.47. The van der Waals surface area contributed by atoms with Crippen LogP contribution < -0.4 is 15.4 Å². The van der Waals surface area contributed by atoms with Crippen molar-refractivity contribution < 1.29 is 13.9 Å². The normalized spacial score (nSPS) is 11.8. The van der Waals surface area contributed by atoms with E-state index in [0.29, 0.717) is 11.7 Å². The van der Waals surface area contributed by atoms with Gasteiger partial charge in [-0.05, 0) is 43.3 Å². The smallest absolute Gasteiger partial charge is 0.237 e. The van der Waals surface area contributed by atoms with Gasteiger partial charge in [-0.2, -0.15) is 0 Å². The van der Waals surface area contributed by atoms with Crippen LogP contribution in [0.2, 0.25) is 0 Å². The molecule has 0 bridgehead atoms. The summed E-state index contributed by atoms with van der Waals surface area (Å²) in [5.41, 5.74) is 0.723. The van der Waals surface area contributed by atoms with E-state index in [4.69, 9.17) is 9.15 Å². The molecule has 0 aliphatic rings. The number of rotatable bonds is 8. The molecule has 136 valence electrons. The monoisotopic (exact) mass is 390 g/mol. The van der Waals surface area contributed by atoms with Gasteiger partial charge in [0, 0.05) is 5.69 Å². The van der Waals surface area contributed by atoms with Gasteiger partial charge in [0.2, 0.25) is 11.0 Å². The number of thioether (sulfide) groups is 1. The van der Waals surface area contributed by atoms with Crippen LogP contribution in [0.5, 0.6) is 5.75 Å². The van der Waals surface area contributed by atoms with E-state index in [1.165, 1.54) is 23.1 Å². The first kappa shape index (κ1) is 18.3. The molecule has 0 spiro atoms. The number of methoxy groups -OCH3 is 1. The Balaban J connectivity index is 1.50. The maximum Gasteiger partial charge on any atom is 0.237 e. The van der Waals surface area contributed by atoms with Crippen molar-refractivity contribution in [2.45, 2.75) is 23.1 Å². The molecule has 0 aliphatic carbocycles. The zero-order chi connectivity index (χ0) is 18.4. The molecule has 2 N–H and O–H groups in total. The molecule has 3 aromatic rings. The Morgan fingerprint density at radius 3 is 2.81 bits per heavy atom. The first-order valence-electron chi connectivity index (χ1n) is 7.85. The summed E-state index contributed by atoms with van der Waals surface area (Å²) in [6.45, 7) is 2.38. The number of benzene rings is 1. The maximum atomic E-state index is 12.3. The molecule has 0 fully saturated rings. The topological polar surface area (TPSA) is 89.3 Å². The summed E-state index contributed by atoms with van der Waals surface area (Å²) in [4.78, 5) is 12.3. The number of hydrogen-bond donors (Lipinski definition) is 2. The molecule has 9 heteroatoms. The highest BCUT2D eigenvalue weighted by molar-refractivity contribution is 8.02. The van der Waals surface area contributed by atoms with Crippen LogP contribution in [0.1, 0.15) is 12.7 Å². The third-order valence-electron chi connectivity index (χ3n) is 3.40. The molecule has 0 saturated carbocycles. The van der Waals surface area contributed by atoms with Gasteiger partial charge in [-0.15, -0.1) is 10.2 Å². The Labute approximate surface area is 159 Å². The quantitative estimate of drug-likeness (QED) is 0.564. The first-order valence-corrected chi connectivity index (χ1v) is 9.55. The predicted molar refractivity (Wildman–Crippen MR) is 103 cm³/mol. The van der Waals surface area contributed by atoms with E-state index in [1.807, 2.05) is 19.1 Å². The largest absolute Gasteiger partial charge is 0.497 e. The summed E-state index contributed by atoms with van der Waals surface area (Å²) < 4.78 is 11.1. The fourth-order valence-corrected chi connectivity index (χ4v) is 3.92. The minimum Gasteiger partial charge on any atom is -0.497 e. The number of aromatic nitrogens is 2. The fraction of sp³-hybridized carbons (Fsp3) is 0.235. The first-order chi connectivity index (χ1) is 12.6. The van der Waals surface area contributed by atoms with Crippen LogP contribution in [0.25, 0.3) is 0 Å². The Morgan fingerprint density at radius 1 is 1.31 bits per heavy atom. The molecular formula is C17H18N4O3S2. The van der Waals surface area contributed by atoms with E-state index in [0.717, 1.165) is 21.5 Å². The van der Waals surface area contributed by atoms with Crippen LogP contribution in [0.15, 0.2) is 51.4 Å². The number of hydrogen-bond acceptors (Lipinski definition) is 8. The van der Waals surface area contributed by atoms with Gasteiger partial charge in [0.05, 0.1) is 25.2 Å². The van der Waals surface area contributed by atoms with Gasteiger partial charge in [-0.25, -0.2) is 0 Å². The Hall–Kier alpha value is -2.52. The summed E-state index contributed by atoms with van der Waals surface area (Å²) in [6, 6.07) is 10.9. The van der Waals surface area contributed by atoms with E-state index in [9.17, 15) is 4.79 Å². The summed E-state index contributed by atoms with van der Waals surface area (Å²) in [6.07, 6.45) is 1.63. The number of furan rings is 1. The molecule has 7 nitrogen and oxygen atoms in total. The van der Waals surface area contributed by atoms with E-state index in [-0.39, 0.29) is 11.2 Å². The van der Waals surface area contributed by atoms with Gasteiger partial charge in [-0.1, -0.05) is 23.1 Å². The van der Waals surface area contributed by atoms with E-state index in [2.05, 4.69) is 20.8 Å². The highest BCUT2D eigenvalue weighted by atomic mass is 32.2. The molecular weight excluding hydrogens is 372 g/mol. The lowest BCUT2D eigenvalue weighted by molar-refractivity contribution is -0.115. The predicted octanol–water partition coefficient (Wildman–Crippen LogP) is 3.87. The van der Waals surface area contributed by atoms with Crippen molar-refractivity contribution >= 4 is 39.8 Å². The van der Waals surface area contributed by atoms with Gasteiger partial charge in [0.25, 0.3) is 0 Å².